The molecule has 0 bridgehead atoms. The van der Waals surface area contributed by atoms with Gasteiger partial charge in [-0.2, -0.15) is 0 Å². The molecule has 2 amide bonds. The van der Waals surface area contributed by atoms with E-state index in [1.807, 2.05) is 50.2 Å². The Morgan fingerprint density at radius 3 is 2.39 bits per heavy atom. The Bertz CT molecular complexity index is 1000. The third kappa shape index (κ3) is 4.26. The van der Waals surface area contributed by atoms with Crippen LogP contribution in [-0.2, 0) is 0 Å². The normalized spacial score (nSPS) is 11.7. The standard InChI is InChI=1S/C22H21ClN2O2S/c1-14-13-19(24-21(26)17-11-7-8-12-18(17)23)28-20(14)22(27)25(3)15(2)16-9-5-4-6-10-16/h4-13,15H,1-3H3,(H,24,26). The van der Waals surface area contributed by atoms with E-state index in [2.05, 4.69) is 5.32 Å². The lowest BCUT2D eigenvalue weighted by molar-refractivity contribution is 0.0746. The van der Waals surface area contributed by atoms with Gasteiger partial charge in [0, 0.05) is 7.05 Å². The van der Waals surface area contributed by atoms with Gasteiger partial charge in [-0.1, -0.05) is 54.1 Å². The van der Waals surface area contributed by atoms with E-state index in [1.54, 1.807) is 36.2 Å². The van der Waals surface area contributed by atoms with Crippen LogP contribution in [0.1, 0.15) is 44.1 Å². The zero-order valence-electron chi connectivity index (χ0n) is 15.9. The SMILES string of the molecule is Cc1cc(NC(=O)c2ccccc2Cl)sc1C(=O)N(C)C(C)c1ccccc1. The second-order valence-electron chi connectivity index (χ2n) is 6.56. The fourth-order valence-corrected chi connectivity index (χ4v) is 4.14. The van der Waals surface area contributed by atoms with Crippen molar-refractivity contribution < 1.29 is 9.59 Å². The van der Waals surface area contributed by atoms with Crippen LogP contribution in [0.25, 0.3) is 0 Å². The van der Waals surface area contributed by atoms with Gasteiger partial charge in [0.15, 0.2) is 0 Å². The molecule has 0 fully saturated rings. The Morgan fingerprint density at radius 2 is 1.71 bits per heavy atom. The number of amides is 2. The second-order valence-corrected chi connectivity index (χ2v) is 8.02. The monoisotopic (exact) mass is 412 g/mol. The van der Waals surface area contributed by atoms with Crippen LogP contribution in [0.4, 0.5) is 5.00 Å². The Hall–Kier alpha value is -2.63. The maximum atomic E-state index is 13.0. The summed E-state index contributed by atoms with van der Waals surface area (Å²) in [6.45, 7) is 3.87. The van der Waals surface area contributed by atoms with Gasteiger partial charge in [-0.15, -0.1) is 11.3 Å². The van der Waals surface area contributed by atoms with E-state index in [4.69, 9.17) is 11.6 Å². The highest BCUT2D eigenvalue weighted by molar-refractivity contribution is 7.18. The molecule has 2 aromatic carbocycles. The van der Waals surface area contributed by atoms with Crippen LogP contribution in [0.5, 0.6) is 0 Å². The van der Waals surface area contributed by atoms with E-state index in [-0.39, 0.29) is 17.9 Å². The van der Waals surface area contributed by atoms with E-state index < -0.39 is 0 Å². The summed E-state index contributed by atoms with van der Waals surface area (Å²) in [5, 5.41) is 3.85. The van der Waals surface area contributed by atoms with Gasteiger partial charge in [0.05, 0.1) is 26.5 Å². The summed E-state index contributed by atoms with van der Waals surface area (Å²) in [6, 6.07) is 18.5. The smallest absolute Gasteiger partial charge is 0.264 e. The molecule has 0 saturated heterocycles. The number of carbonyl (C=O) groups is 2. The summed E-state index contributed by atoms with van der Waals surface area (Å²) < 4.78 is 0. The van der Waals surface area contributed by atoms with Gasteiger partial charge in [-0.3, -0.25) is 9.59 Å². The first-order valence-corrected chi connectivity index (χ1v) is 10.1. The average molecular weight is 413 g/mol. The lowest BCUT2D eigenvalue weighted by Gasteiger charge is -2.25. The summed E-state index contributed by atoms with van der Waals surface area (Å²) >= 11 is 7.36. The molecule has 1 N–H and O–H groups in total. The number of benzene rings is 2. The van der Waals surface area contributed by atoms with Gasteiger partial charge in [0.2, 0.25) is 0 Å². The minimum Gasteiger partial charge on any atom is -0.334 e. The molecule has 3 aromatic rings. The Kier molecular flexibility index (Phi) is 6.17. The number of nitrogens with one attached hydrogen (secondary N) is 1. The molecule has 0 aliphatic carbocycles. The highest BCUT2D eigenvalue weighted by atomic mass is 35.5. The maximum absolute atomic E-state index is 13.0. The number of carbonyl (C=O) groups excluding carboxylic acids is 2. The third-order valence-corrected chi connectivity index (χ3v) is 6.12. The molecule has 28 heavy (non-hydrogen) atoms. The molecule has 0 aliphatic heterocycles. The van der Waals surface area contributed by atoms with Gasteiger partial charge < -0.3 is 10.2 Å². The van der Waals surface area contributed by atoms with Crippen LogP contribution in [0.2, 0.25) is 5.02 Å². The molecule has 0 spiro atoms. The van der Waals surface area contributed by atoms with Crippen molar-refractivity contribution in [1.29, 1.82) is 0 Å². The lowest BCUT2D eigenvalue weighted by atomic mass is 10.1. The van der Waals surface area contributed by atoms with E-state index in [0.717, 1.165) is 11.1 Å². The van der Waals surface area contributed by atoms with Crippen LogP contribution >= 0.6 is 22.9 Å². The van der Waals surface area contributed by atoms with Gasteiger partial charge in [-0.05, 0) is 43.2 Å². The van der Waals surface area contributed by atoms with Crippen LogP contribution in [0.3, 0.4) is 0 Å². The Balaban J connectivity index is 1.77. The quantitative estimate of drug-likeness (QED) is 0.576. The maximum Gasteiger partial charge on any atom is 0.264 e. The van der Waals surface area contributed by atoms with Crippen LogP contribution in [0, 0.1) is 6.92 Å². The predicted octanol–water partition coefficient (Wildman–Crippen LogP) is 5.80. The summed E-state index contributed by atoms with van der Waals surface area (Å²) in [5.74, 6) is -0.367. The van der Waals surface area contributed by atoms with Crippen LogP contribution < -0.4 is 5.32 Å². The molecule has 0 radical (unpaired) electrons. The molecule has 1 aromatic heterocycles. The highest BCUT2D eigenvalue weighted by Gasteiger charge is 2.23. The van der Waals surface area contributed by atoms with Crippen LogP contribution in [0.15, 0.2) is 60.7 Å². The number of halogens is 1. The molecule has 6 heteroatoms. The Labute approximate surface area is 173 Å². The summed E-state index contributed by atoms with van der Waals surface area (Å²) in [5.41, 5.74) is 2.30. The summed E-state index contributed by atoms with van der Waals surface area (Å²) in [6.07, 6.45) is 0. The van der Waals surface area contributed by atoms with Gasteiger partial charge in [0.1, 0.15) is 0 Å². The number of hydrogen-bond acceptors (Lipinski definition) is 3. The zero-order chi connectivity index (χ0) is 20.3. The van der Waals surface area contributed by atoms with E-state index in [0.29, 0.717) is 20.5 Å². The summed E-state index contributed by atoms with van der Waals surface area (Å²) in [7, 11) is 1.79. The molecule has 3 rings (SSSR count). The second kappa shape index (κ2) is 8.59. The van der Waals surface area contributed by atoms with Crippen molar-refractivity contribution in [3.8, 4) is 0 Å². The number of hydrogen-bond donors (Lipinski definition) is 1. The first kappa shape index (κ1) is 20.1. The minimum atomic E-state index is -0.295. The van der Waals surface area contributed by atoms with Crippen molar-refractivity contribution >= 4 is 39.8 Å². The molecule has 0 saturated carbocycles. The van der Waals surface area contributed by atoms with Gasteiger partial charge in [-0.25, -0.2) is 0 Å². The molecular weight excluding hydrogens is 392 g/mol. The van der Waals surface area contributed by atoms with Crippen molar-refractivity contribution in [1.82, 2.24) is 4.90 Å². The number of thiophene rings is 1. The molecule has 1 atom stereocenters. The Morgan fingerprint density at radius 1 is 1.07 bits per heavy atom. The fourth-order valence-electron chi connectivity index (χ4n) is 2.87. The molecule has 1 unspecified atom stereocenters. The molecule has 4 nitrogen and oxygen atoms in total. The summed E-state index contributed by atoms with van der Waals surface area (Å²) in [4.78, 5) is 27.8. The largest absolute Gasteiger partial charge is 0.334 e. The van der Waals surface area contributed by atoms with E-state index in [1.165, 1.54) is 11.3 Å². The minimum absolute atomic E-state index is 0.0589. The van der Waals surface area contributed by atoms with Crippen molar-refractivity contribution in [2.24, 2.45) is 0 Å². The number of aryl methyl sites for hydroxylation is 1. The highest BCUT2D eigenvalue weighted by Crippen LogP contribution is 2.30. The van der Waals surface area contributed by atoms with Gasteiger partial charge in [0.25, 0.3) is 11.8 Å². The van der Waals surface area contributed by atoms with Crippen molar-refractivity contribution in [2.75, 3.05) is 12.4 Å². The van der Waals surface area contributed by atoms with Crippen molar-refractivity contribution in [2.45, 2.75) is 19.9 Å². The first-order chi connectivity index (χ1) is 13.4. The number of nitrogens with zero attached hydrogens (tertiary/aromatic N) is 1. The lowest BCUT2D eigenvalue weighted by Crippen LogP contribution is -2.29. The number of rotatable bonds is 5. The van der Waals surface area contributed by atoms with Crippen LogP contribution in [-0.4, -0.2) is 23.8 Å². The van der Waals surface area contributed by atoms with E-state index in [9.17, 15) is 9.59 Å². The first-order valence-electron chi connectivity index (χ1n) is 8.87. The van der Waals surface area contributed by atoms with Crippen molar-refractivity contribution in [3.63, 3.8) is 0 Å². The molecular formula is C22H21ClN2O2S. The van der Waals surface area contributed by atoms with Gasteiger partial charge >= 0.3 is 0 Å². The third-order valence-electron chi connectivity index (χ3n) is 4.65. The topological polar surface area (TPSA) is 49.4 Å². The molecule has 1 heterocycles. The van der Waals surface area contributed by atoms with E-state index >= 15 is 0 Å². The molecule has 144 valence electrons. The predicted molar refractivity (Wildman–Crippen MR) is 115 cm³/mol. The number of anilines is 1. The molecule has 0 aliphatic rings. The fraction of sp³-hybridized carbons (Fsp3) is 0.182. The van der Waals surface area contributed by atoms with Crippen molar-refractivity contribution in [3.05, 3.63) is 87.3 Å². The zero-order valence-corrected chi connectivity index (χ0v) is 17.5. The average Bonchev–Trinajstić information content (AvgIpc) is 3.07.